The number of fused-ring (bicyclic) bond motifs is 1. The van der Waals surface area contributed by atoms with Crippen LogP contribution in [-0.4, -0.2) is 80.0 Å². The molecule has 142 valence electrons. The number of rotatable bonds is 3. The maximum Gasteiger partial charge on any atom is 0.165 e. The van der Waals surface area contributed by atoms with Crippen LogP contribution < -0.4 is 4.90 Å². The van der Waals surface area contributed by atoms with Gasteiger partial charge in [0.1, 0.15) is 18.0 Å². The molecule has 5 atom stereocenters. The van der Waals surface area contributed by atoms with E-state index >= 15 is 0 Å². The molecular formula is C17H25N5O4. The molecule has 3 heterocycles. The molecule has 1 aliphatic carbocycles. The summed E-state index contributed by atoms with van der Waals surface area (Å²) in [7, 11) is 3.76. The molecule has 1 aliphatic heterocycles. The predicted octanol–water partition coefficient (Wildman–Crippen LogP) is -0.283. The smallest absolute Gasteiger partial charge is 0.165 e. The number of aromatic nitrogens is 4. The van der Waals surface area contributed by atoms with Gasteiger partial charge in [0.2, 0.25) is 0 Å². The summed E-state index contributed by atoms with van der Waals surface area (Å²) < 4.78 is 7.72. The van der Waals surface area contributed by atoms with Crippen molar-refractivity contribution in [1.29, 1.82) is 0 Å². The summed E-state index contributed by atoms with van der Waals surface area (Å²) in [6.07, 6.45) is 3.40. The van der Waals surface area contributed by atoms with E-state index in [1.807, 2.05) is 19.0 Å². The lowest BCUT2D eigenvalue weighted by Crippen LogP contribution is -2.60. The fraction of sp³-hybridized carbons (Fsp3) is 0.706. The second-order valence-electron chi connectivity index (χ2n) is 7.47. The van der Waals surface area contributed by atoms with Crippen molar-refractivity contribution in [2.45, 2.75) is 43.1 Å². The van der Waals surface area contributed by atoms with Crippen LogP contribution in [0.15, 0.2) is 12.7 Å². The van der Waals surface area contributed by atoms with E-state index in [-0.39, 0.29) is 19.1 Å². The van der Waals surface area contributed by atoms with Crippen LogP contribution in [0, 0.1) is 5.92 Å². The summed E-state index contributed by atoms with van der Waals surface area (Å²) in [6, 6.07) is -0.489. The number of hydrogen-bond donors (Lipinski definition) is 3. The number of aliphatic hydroxyl groups excluding tert-OH is 3. The molecule has 2 aliphatic rings. The van der Waals surface area contributed by atoms with Gasteiger partial charge in [-0.3, -0.25) is 0 Å². The first kappa shape index (κ1) is 17.6. The minimum Gasteiger partial charge on any atom is -0.396 e. The van der Waals surface area contributed by atoms with E-state index in [2.05, 4.69) is 15.0 Å². The third-order valence-electron chi connectivity index (χ3n) is 5.80. The Labute approximate surface area is 151 Å². The minimum absolute atomic E-state index is 0.140. The molecule has 3 N–H and O–H groups in total. The lowest BCUT2D eigenvalue weighted by molar-refractivity contribution is -0.228. The largest absolute Gasteiger partial charge is 0.396 e. The molecular weight excluding hydrogens is 338 g/mol. The highest BCUT2D eigenvalue weighted by molar-refractivity contribution is 5.83. The topological polar surface area (TPSA) is 117 Å². The van der Waals surface area contributed by atoms with Gasteiger partial charge in [0.05, 0.1) is 31.7 Å². The van der Waals surface area contributed by atoms with E-state index in [1.54, 1.807) is 10.9 Å². The fourth-order valence-electron chi connectivity index (χ4n) is 4.41. The molecule has 1 saturated heterocycles. The second kappa shape index (κ2) is 6.41. The van der Waals surface area contributed by atoms with Gasteiger partial charge in [-0.25, -0.2) is 15.0 Å². The number of imidazole rings is 1. The first-order chi connectivity index (χ1) is 12.5. The molecule has 2 fully saturated rings. The van der Waals surface area contributed by atoms with Crippen LogP contribution in [0.4, 0.5) is 5.82 Å². The van der Waals surface area contributed by atoms with E-state index in [4.69, 9.17) is 4.74 Å². The standard InChI is InChI=1S/C17H25N5O4/c1-21(2)15-12-16(19-8-18-15)22(9-20-12)13-10(6-23)7-26-17(14(13)25)5-3-4-11(17)24/h8-11,13-14,23-25H,3-7H2,1-2H3/t10-,11-,13-,14+,17-/m1/s1. The molecule has 2 aromatic rings. The molecule has 9 nitrogen and oxygen atoms in total. The molecule has 0 radical (unpaired) electrons. The number of hydrogen-bond acceptors (Lipinski definition) is 8. The Morgan fingerprint density at radius 1 is 1.31 bits per heavy atom. The monoisotopic (exact) mass is 363 g/mol. The first-order valence-corrected chi connectivity index (χ1v) is 8.95. The van der Waals surface area contributed by atoms with Gasteiger partial charge in [0, 0.05) is 20.0 Å². The zero-order valence-corrected chi connectivity index (χ0v) is 15.0. The van der Waals surface area contributed by atoms with E-state index in [9.17, 15) is 15.3 Å². The molecule has 9 heteroatoms. The summed E-state index contributed by atoms with van der Waals surface area (Å²) in [5.74, 6) is 0.366. The first-order valence-electron chi connectivity index (χ1n) is 8.95. The van der Waals surface area contributed by atoms with Crippen molar-refractivity contribution < 1.29 is 20.1 Å². The molecule has 26 heavy (non-hydrogen) atoms. The Bertz CT molecular complexity index is 797. The fourth-order valence-corrected chi connectivity index (χ4v) is 4.41. The Morgan fingerprint density at radius 2 is 2.12 bits per heavy atom. The predicted molar refractivity (Wildman–Crippen MR) is 93.8 cm³/mol. The van der Waals surface area contributed by atoms with Crippen molar-refractivity contribution in [3.8, 4) is 0 Å². The van der Waals surface area contributed by atoms with Gasteiger partial charge < -0.3 is 29.5 Å². The van der Waals surface area contributed by atoms with Crippen LogP contribution in [0.25, 0.3) is 11.2 Å². The van der Waals surface area contributed by atoms with Crippen molar-refractivity contribution in [3.05, 3.63) is 12.7 Å². The van der Waals surface area contributed by atoms with E-state index < -0.39 is 23.9 Å². The highest BCUT2D eigenvalue weighted by atomic mass is 16.5. The summed E-state index contributed by atoms with van der Waals surface area (Å²) in [6.45, 7) is 0.125. The lowest BCUT2D eigenvalue weighted by Gasteiger charge is -2.48. The van der Waals surface area contributed by atoms with Crippen molar-refractivity contribution in [1.82, 2.24) is 19.5 Å². The summed E-state index contributed by atoms with van der Waals surface area (Å²) >= 11 is 0. The lowest BCUT2D eigenvalue weighted by atomic mass is 9.79. The Balaban J connectivity index is 1.81. The van der Waals surface area contributed by atoms with Gasteiger partial charge in [-0.2, -0.15) is 0 Å². The zero-order chi connectivity index (χ0) is 18.5. The third kappa shape index (κ3) is 2.42. The van der Waals surface area contributed by atoms with Crippen LogP contribution in [0.1, 0.15) is 25.3 Å². The summed E-state index contributed by atoms with van der Waals surface area (Å²) in [4.78, 5) is 14.9. The van der Waals surface area contributed by atoms with Crippen LogP contribution in [-0.2, 0) is 4.74 Å². The summed E-state index contributed by atoms with van der Waals surface area (Å²) in [5, 5.41) is 31.5. The molecule has 1 saturated carbocycles. The van der Waals surface area contributed by atoms with Crippen molar-refractivity contribution in [2.75, 3.05) is 32.2 Å². The van der Waals surface area contributed by atoms with E-state index in [1.165, 1.54) is 6.33 Å². The average Bonchev–Trinajstić information content (AvgIpc) is 3.21. The zero-order valence-electron chi connectivity index (χ0n) is 15.0. The Kier molecular flexibility index (Phi) is 4.34. The Morgan fingerprint density at radius 3 is 2.77 bits per heavy atom. The van der Waals surface area contributed by atoms with Crippen LogP contribution in [0.3, 0.4) is 0 Å². The van der Waals surface area contributed by atoms with Gasteiger partial charge >= 0.3 is 0 Å². The normalized spacial score (nSPS) is 34.7. The Hall–Kier alpha value is -1.81. The van der Waals surface area contributed by atoms with Crippen LogP contribution >= 0.6 is 0 Å². The van der Waals surface area contributed by atoms with Crippen molar-refractivity contribution in [2.24, 2.45) is 5.92 Å². The van der Waals surface area contributed by atoms with E-state index in [0.29, 0.717) is 29.8 Å². The highest BCUT2D eigenvalue weighted by Gasteiger charge is 2.56. The number of aliphatic hydroxyl groups is 3. The van der Waals surface area contributed by atoms with Gasteiger partial charge in [0.15, 0.2) is 17.0 Å². The molecule has 0 amide bonds. The van der Waals surface area contributed by atoms with Crippen molar-refractivity contribution in [3.63, 3.8) is 0 Å². The van der Waals surface area contributed by atoms with Gasteiger partial charge in [-0.15, -0.1) is 0 Å². The molecule has 2 aromatic heterocycles. The average molecular weight is 363 g/mol. The molecule has 0 aromatic carbocycles. The summed E-state index contributed by atoms with van der Waals surface area (Å²) in [5.41, 5.74) is 0.231. The molecule has 1 spiro atoms. The molecule has 0 bridgehead atoms. The quantitative estimate of drug-likeness (QED) is 0.682. The van der Waals surface area contributed by atoms with Crippen LogP contribution in [0.5, 0.6) is 0 Å². The minimum atomic E-state index is -0.996. The van der Waals surface area contributed by atoms with Gasteiger partial charge in [-0.05, 0) is 19.3 Å². The van der Waals surface area contributed by atoms with Gasteiger partial charge in [0.25, 0.3) is 0 Å². The third-order valence-corrected chi connectivity index (χ3v) is 5.80. The maximum absolute atomic E-state index is 11.2. The molecule has 4 rings (SSSR count). The number of nitrogens with zero attached hydrogens (tertiary/aromatic N) is 5. The second-order valence-corrected chi connectivity index (χ2v) is 7.47. The number of ether oxygens (including phenoxy) is 1. The number of anilines is 1. The SMILES string of the molecule is CN(C)c1ncnc2c1ncn2[C@@H]1[C@H](CO)CO[C@@]2(CCC[C@H]2O)[C@H]1O. The van der Waals surface area contributed by atoms with Crippen molar-refractivity contribution >= 4 is 17.0 Å². The molecule has 0 unspecified atom stereocenters. The maximum atomic E-state index is 11.2. The van der Waals surface area contributed by atoms with Gasteiger partial charge in [-0.1, -0.05) is 0 Å². The van der Waals surface area contributed by atoms with Crippen LogP contribution in [0.2, 0.25) is 0 Å². The highest BCUT2D eigenvalue weighted by Crippen LogP contribution is 2.46. The van der Waals surface area contributed by atoms with E-state index in [0.717, 1.165) is 6.42 Å².